The van der Waals surface area contributed by atoms with Gasteiger partial charge in [0.2, 0.25) is 11.8 Å². The van der Waals surface area contributed by atoms with E-state index in [9.17, 15) is 14.0 Å². The zero-order valence-corrected chi connectivity index (χ0v) is 14.8. The van der Waals surface area contributed by atoms with Gasteiger partial charge in [0.15, 0.2) is 0 Å². The van der Waals surface area contributed by atoms with Crippen LogP contribution in [0.5, 0.6) is 0 Å². The number of carbonyl (C=O) groups is 2. The Labute approximate surface area is 143 Å². The molecule has 2 rings (SSSR count). The van der Waals surface area contributed by atoms with Crippen molar-refractivity contribution >= 4 is 11.8 Å². The van der Waals surface area contributed by atoms with Crippen LogP contribution in [0.1, 0.15) is 39.2 Å². The summed E-state index contributed by atoms with van der Waals surface area (Å²) in [4.78, 5) is 26.9. The lowest BCUT2D eigenvalue weighted by Crippen LogP contribution is -2.51. The molecule has 1 aliphatic heterocycles. The Balaban J connectivity index is 1.88. The molecular weight excluding hydrogens is 307 g/mol. The normalized spacial score (nSPS) is 16.1. The number of nitrogens with one attached hydrogen (secondary N) is 1. The SMILES string of the molecule is CC1CCN(C(=O)C(C)(C)C(=O)NCCc2ccccc2F)CC1. The summed E-state index contributed by atoms with van der Waals surface area (Å²) >= 11 is 0. The molecule has 1 aromatic rings. The van der Waals surface area contributed by atoms with Gasteiger partial charge in [-0.25, -0.2) is 4.39 Å². The second-order valence-corrected chi connectivity index (χ2v) is 7.20. The molecule has 4 nitrogen and oxygen atoms in total. The molecule has 1 saturated heterocycles. The van der Waals surface area contributed by atoms with Crippen LogP contribution in [0.2, 0.25) is 0 Å². The van der Waals surface area contributed by atoms with Crippen molar-refractivity contribution < 1.29 is 14.0 Å². The van der Waals surface area contributed by atoms with Crippen LogP contribution in [-0.2, 0) is 16.0 Å². The number of carbonyl (C=O) groups excluding carboxylic acids is 2. The van der Waals surface area contributed by atoms with Crippen molar-refractivity contribution in [2.24, 2.45) is 11.3 Å². The first kappa shape index (κ1) is 18.4. The fourth-order valence-electron chi connectivity index (χ4n) is 2.94. The third-order valence-electron chi connectivity index (χ3n) is 4.81. The Kier molecular flexibility index (Phi) is 5.97. The molecule has 1 aromatic carbocycles. The molecule has 2 amide bonds. The standard InChI is InChI=1S/C19H27FN2O2/c1-14-9-12-22(13-10-14)18(24)19(2,3)17(23)21-11-8-15-6-4-5-7-16(15)20/h4-7,14H,8-13H2,1-3H3,(H,21,23). The Morgan fingerprint density at radius 3 is 2.50 bits per heavy atom. The molecule has 0 unspecified atom stereocenters. The van der Waals surface area contributed by atoms with Crippen LogP contribution in [0, 0.1) is 17.2 Å². The number of hydrogen-bond acceptors (Lipinski definition) is 2. The smallest absolute Gasteiger partial charge is 0.237 e. The Morgan fingerprint density at radius 1 is 1.25 bits per heavy atom. The summed E-state index contributed by atoms with van der Waals surface area (Å²) in [5.74, 6) is -0.0727. The summed E-state index contributed by atoms with van der Waals surface area (Å²) in [6.07, 6.45) is 2.37. The molecule has 24 heavy (non-hydrogen) atoms. The highest BCUT2D eigenvalue weighted by Crippen LogP contribution is 2.24. The minimum Gasteiger partial charge on any atom is -0.355 e. The molecule has 1 N–H and O–H groups in total. The van der Waals surface area contributed by atoms with Gasteiger partial charge in [0.1, 0.15) is 11.2 Å². The van der Waals surface area contributed by atoms with Gasteiger partial charge in [0, 0.05) is 19.6 Å². The minimum absolute atomic E-state index is 0.127. The predicted molar refractivity (Wildman–Crippen MR) is 91.9 cm³/mol. The zero-order valence-electron chi connectivity index (χ0n) is 14.8. The van der Waals surface area contributed by atoms with E-state index in [0.29, 0.717) is 37.5 Å². The van der Waals surface area contributed by atoms with Crippen molar-refractivity contribution in [2.75, 3.05) is 19.6 Å². The van der Waals surface area contributed by atoms with E-state index < -0.39 is 5.41 Å². The van der Waals surface area contributed by atoms with Gasteiger partial charge in [-0.2, -0.15) is 0 Å². The largest absolute Gasteiger partial charge is 0.355 e. The quantitative estimate of drug-likeness (QED) is 0.842. The minimum atomic E-state index is -1.10. The Morgan fingerprint density at radius 2 is 1.88 bits per heavy atom. The number of rotatable bonds is 5. The van der Waals surface area contributed by atoms with Crippen LogP contribution >= 0.6 is 0 Å². The predicted octanol–water partition coefficient (Wildman–Crippen LogP) is 2.77. The lowest BCUT2D eigenvalue weighted by Gasteiger charge is -2.35. The number of benzene rings is 1. The number of hydrogen-bond donors (Lipinski definition) is 1. The van der Waals surface area contributed by atoms with Gasteiger partial charge >= 0.3 is 0 Å². The molecule has 5 heteroatoms. The van der Waals surface area contributed by atoms with Crippen LogP contribution < -0.4 is 5.32 Å². The maximum atomic E-state index is 13.6. The van der Waals surface area contributed by atoms with Crippen LogP contribution in [0.4, 0.5) is 4.39 Å². The lowest BCUT2D eigenvalue weighted by molar-refractivity contribution is -0.149. The molecule has 0 atom stereocenters. The molecule has 0 aliphatic carbocycles. The topological polar surface area (TPSA) is 49.4 Å². The van der Waals surface area contributed by atoms with E-state index in [4.69, 9.17) is 0 Å². The Bertz CT molecular complexity index is 593. The fraction of sp³-hybridized carbons (Fsp3) is 0.579. The molecular formula is C19H27FN2O2. The van der Waals surface area contributed by atoms with Crippen LogP contribution in [0.3, 0.4) is 0 Å². The first-order chi connectivity index (χ1) is 11.3. The highest BCUT2D eigenvalue weighted by molar-refractivity contribution is 6.04. The molecule has 1 fully saturated rings. The second kappa shape index (κ2) is 7.77. The van der Waals surface area contributed by atoms with Gasteiger partial charge in [0.25, 0.3) is 0 Å². The van der Waals surface area contributed by atoms with Crippen molar-refractivity contribution in [2.45, 2.75) is 40.0 Å². The van der Waals surface area contributed by atoms with E-state index in [0.717, 1.165) is 12.8 Å². The van der Waals surface area contributed by atoms with E-state index in [1.807, 2.05) is 0 Å². The number of halogens is 1. The summed E-state index contributed by atoms with van der Waals surface area (Å²) < 4.78 is 13.6. The molecule has 0 saturated carbocycles. The van der Waals surface area contributed by atoms with Crippen molar-refractivity contribution in [3.8, 4) is 0 Å². The molecule has 0 radical (unpaired) electrons. The summed E-state index contributed by atoms with van der Waals surface area (Å²) in [7, 11) is 0. The first-order valence-electron chi connectivity index (χ1n) is 8.63. The van der Waals surface area contributed by atoms with Crippen LogP contribution in [-0.4, -0.2) is 36.3 Å². The van der Waals surface area contributed by atoms with E-state index >= 15 is 0 Å². The summed E-state index contributed by atoms with van der Waals surface area (Å²) in [6.45, 7) is 7.24. The zero-order chi connectivity index (χ0) is 17.7. The summed E-state index contributed by atoms with van der Waals surface area (Å²) in [5.41, 5.74) is -0.539. The Hall–Kier alpha value is -1.91. The number of nitrogens with zero attached hydrogens (tertiary/aromatic N) is 1. The molecule has 1 aliphatic rings. The van der Waals surface area contributed by atoms with E-state index in [2.05, 4.69) is 12.2 Å². The number of likely N-dealkylation sites (tertiary alicyclic amines) is 1. The average molecular weight is 334 g/mol. The van der Waals surface area contributed by atoms with Crippen molar-refractivity contribution in [1.29, 1.82) is 0 Å². The third kappa shape index (κ3) is 4.34. The highest BCUT2D eigenvalue weighted by atomic mass is 19.1. The maximum Gasteiger partial charge on any atom is 0.237 e. The molecule has 0 aromatic heterocycles. The monoisotopic (exact) mass is 334 g/mol. The molecule has 0 spiro atoms. The highest BCUT2D eigenvalue weighted by Gasteiger charge is 2.39. The van der Waals surface area contributed by atoms with Gasteiger partial charge < -0.3 is 10.2 Å². The van der Waals surface area contributed by atoms with Crippen molar-refractivity contribution in [1.82, 2.24) is 10.2 Å². The fourth-order valence-corrected chi connectivity index (χ4v) is 2.94. The van der Waals surface area contributed by atoms with Crippen molar-refractivity contribution in [3.63, 3.8) is 0 Å². The molecule has 0 bridgehead atoms. The van der Waals surface area contributed by atoms with Gasteiger partial charge in [-0.15, -0.1) is 0 Å². The van der Waals surface area contributed by atoms with E-state index in [1.165, 1.54) is 6.07 Å². The number of amides is 2. The van der Waals surface area contributed by atoms with Crippen LogP contribution in [0.25, 0.3) is 0 Å². The molecule has 132 valence electrons. The van der Waals surface area contributed by atoms with Gasteiger partial charge in [0.05, 0.1) is 0 Å². The molecule has 1 heterocycles. The summed E-state index contributed by atoms with van der Waals surface area (Å²) in [6, 6.07) is 6.51. The van der Waals surface area contributed by atoms with Gasteiger partial charge in [-0.3, -0.25) is 9.59 Å². The summed E-state index contributed by atoms with van der Waals surface area (Å²) in [5, 5.41) is 2.77. The number of piperidine rings is 1. The average Bonchev–Trinajstić information content (AvgIpc) is 2.56. The van der Waals surface area contributed by atoms with E-state index in [1.54, 1.807) is 36.9 Å². The third-order valence-corrected chi connectivity index (χ3v) is 4.81. The van der Waals surface area contributed by atoms with Gasteiger partial charge in [-0.05, 0) is 50.7 Å². The maximum absolute atomic E-state index is 13.6. The van der Waals surface area contributed by atoms with E-state index in [-0.39, 0.29) is 17.6 Å². The van der Waals surface area contributed by atoms with Crippen LogP contribution in [0.15, 0.2) is 24.3 Å². The lowest BCUT2D eigenvalue weighted by atomic mass is 9.88. The second-order valence-electron chi connectivity index (χ2n) is 7.20. The first-order valence-corrected chi connectivity index (χ1v) is 8.63. The van der Waals surface area contributed by atoms with Crippen molar-refractivity contribution in [3.05, 3.63) is 35.6 Å². The van der Waals surface area contributed by atoms with Gasteiger partial charge in [-0.1, -0.05) is 25.1 Å².